The Morgan fingerprint density at radius 1 is 1.44 bits per heavy atom. The van der Waals surface area contributed by atoms with Crippen molar-refractivity contribution in [2.45, 2.75) is 51.1 Å². The molecule has 0 aliphatic heterocycles. The van der Waals surface area contributed by atoms with E-state index < -0.39 is 0 Å². The smallest absolute Gasteiger partial charge is 0.189 e. The highest BCUT2D eigenvalue weighted by Crippen LogP contribution is 2.16. The summed E-state index contributed by atoms with van der Waals surface area (Å²) in [6.07, 6.45) is 9.37. The van der Waals surface area contributed by atoms with Gasteiger partial charge in [0.1, 0.15) is 0 Å². The molecule has 0 amide bonds. The number of nitrogens with zero attached hydrogens (tertiary/aromatic N) is 4. The van der Waals surface area contributed by atoms with Crippen molar-refractivity contribution in [3.63, 3.8) is 0 Å². The van der Waals surface area contributed by atoms with Crippen molar-refractivity contribution < 1.29 is 0 Å². The summed E-state index contributed by atoms with van der Waals surface area (Å²) in [5, 5.41) is 11.0. The number of nitrogens with two attached hydrogens (primary N) is 1. The Balaban J connectivity index is 1.83. The van der Waals surface area contributed by atoms with Crippen LogP contribution in [0.3, 0.4) is 0 Å². The predicted octanol–water partition coefficient (Wildman–Crippen LogP) is 0.942. The summed E-state index contributed by atoms with van der Waals surface area (Å²) < 4.78 is 1.71. The molecule has 0 spiro atoms. The summed E-state index contributed by atoms with van der Waals surface area (Å²) in [6.45, 7) is 0.523. The van der Waals surface area contributed by atoms with E-state index in [1.165, 1.54) is 38.5 Å². The zero-order valence-corrected chi connectivity index (χ0v) is 11.0. The van der Waals surface area contributed by atoms with Crippen molar-refractivity contribution in [3.05, 3.63) is 11.9 Å². The maximum Gasteiger partial charge on any atom is 0.189 e. The first-order valence-corrected chi connectivity index (χ1v) is 6.65. The van der Waals surface area contributed by atoms with E-state index in [2.05, 4.69) is 20.6 Å². The van der Waals surface area contributed by atoms with Gasteiger partial charge in [-0.1, -0.05) is 30.9 Å². The second-order valence-corrected chi connectivity index (χ2v) is 4.88. The largest absolute Gasteiger partial charge is 0.370 e. The lowest BCUT2D eigenvalue weighted by molar-refractivity contribution is 0.529. The van der Waals surface area contributed by atoms with E-state index in [1.54, 1.807) is 10.9 Å². The number of aryl methyl sites for hydroxylation is 1. The highest BCUT2D eigenvalue weighted by atomic mass is 15.4. The first-order valence-electron chi connectivity index (χ1n) is 6.65. The fourth-order valence-corrected chi connectivity index (χ4v) is 2.30. The molecular formula is C12H22N6. The molecule has 3 N–H and O–H groups in total. The Kier molecular flexibility index (Phi) is 4.55. The van der Waals surface area contributed by atoms with E-state index in [0.29, 0.717) is 18.5 Å². The summed E-state index contributed by atoms with van der Waals surface area (Å²) >= 11 is 0. The zero-order chi connectivity index (χ0) is 12.8. The second-order valence-electron chi connectivity index (χ2n) is 4.88. The lowest BCUT2D eigenvalue weighted by Crippen LogP contribution is -2.39. The first kappa shape index (κ1) is 12.9. The van der Waals surface area contributed by atoms with Crippen molar-refractivity contribution in [2.75, 3.05) is 0 Å². The molecule has 0 aromatic carbocycles. The van der Waals surface area contributed by atoms with Crippen molar-refractivity contribution in [3.8, 4) is 0 Å². The molecule has 0 atom stereocenters. The molecule has 1 aliphatic carbocycles. The molecule has 0 radical (unpaired) electrons. The Morgan fingerprint density at radius 2 is 2.17 bits per heavy atom. The van der Waals surface area contributed by atoms with Crippen LogP contribution in [0, 0.1) is 0 Å². The van der Waals surface area contributed by atoms with E-state index in [1.807, 2.05) is 7.05 Å². The maximum absolute atomic E-state index is 5.91. The van der Waals surface area contributed by atoms with Crippen LogP contribution in [0.4, 0.5) is 0 Å². The molecule has 100 valence electrons. The fraction of sp³-hybridized carbons (Fsp3) is 0.750. The molecule has 6 heteroatoms. The second kappa shape index (κ2) is 6.37. The minimum atomic E-state index is 0.487. The van der Waals surface area contributed by atoms with Gasteiger partial charge in [0, 0.05) is 13.1 Å². The molecular weight excluding hydrogens is 228 g/mol. The molecule has 6 nitrogen and oxygen atoms in total. The molecule has 1 fully saturated rings. The van der Waals surface area contributed by atoms with E-state index in [4.69, 9.17) is 5.73 Å². The molecule has 1 saturated carbocycles. The Bertz CT molecular complexity index is 389. The van der Waals surface area contributed by atoms with Crippen molar-refractivity contribution in [1.29, 1.82) is 0 Å². The van der Waals surface area contributed by atoms with E-state index in [9.17, 15) is 0 Å². The topological polar surface area (TPSA) is 81.1 Å². The molecule has 2 rings (SSSR count). The summed E-state index contributed by atoms with van der Waals surface area (Å²) in [4.78, 5) is 4.33. The first-order chi connectivity index (χ1) is 8.75. The minimum absolute atomic E-state index is 0.487. The number of hydrogen-bond acceptors (Lipinski definition) is 3. The number of guanidine groups is 1. The van der Waals surface area contributed by atoms with Gasteiger partial charge >= 0.3 is 0 Å². The van der Waals surface area contributed by atoms with Crippen LogP contribution >= 0.6 is 0 Å². The van der Waals surface area contributed by atoms with Gasteiger partial charge in [0.2, 0.25) is 0 Å². The summed E-state index contributed by atoms with van der Waals surface area (Å²) in [7, 11) is 1.85. The van der Waals surface area contributed by atoms with Gasteiger partial charge in [-0.05, 0) is 12.8 Å². The van der Waals surface area contributed by atoms with E-state index in [0.717, 1.165) is 5.69 Å². The number of nitrogens with one attached hydrogen (secondary N) is 1. The zero-order valence-electron chi connectivity index (χ0n) is 11.0. The molecule has 1 heterocycles. The molecule has 0 bridgehead atoms. The van der Waals surface area contributed by atoms with E-state index >= 15 is 0 Å². The molecule has 0 saturated heterocycles. The van der Waals surface area contributed by atoms with Gasteiger partial charge in [0.05, 0.1) is 18.4 Å². The molecule has 18 heavy (non-hydrogen) atoms. The summed E-state index contributed by atoms with van der Waals surface area (Å²) in [6, 6.07) is 0.487. The third-order valence-electron chi connectivity index (χ3n) is 3.43. The SMILES string of the molecule is Cn1nncc1CN=C(N)NC1CCCCCC1. The normalized spacial score (nSPS) is 18.6. The van der Waals surface area contributed by atoms with Gasteiger partial charge in [-0.15, -0.1) is 5.10 Å². The monoisotopic (exact) mass is 250 g/mol. The van der Waals surface area contributed by atoms with Gasteiger partial charge in [-0.25, -0.2) is 4.99 Å². The average Bonchev–Trinajstić information content (AvgIpc) is 2.61. The lowest BCUT2D eigenvalue weighted by atomic mass is 10.1. The van der Waals surface area contributed by atoms with Crippen LogP contribution in [0.1, 0.15) is 44.2 Å². The van der Waals surface area contributed by atoms with Crippen molar-refractivity contribution >= 4 is 5.96 Å². The highest BCUT2D eigenvalue weighted by Gasteiger charge is 2.12. The van der Waals surface area contributed by atoms with Crippen LogP contribution in [0.25, 0.3) is 0 Å². The number of rotatable bonds is 3. The lowest BCUT2D eigenvalue weighted by Gasteiger charge is -2.16. The highest BCUT2D eigenvalue weighted by molar-refractivity contribution is 5.78. The summed E-state index contributed by atoms with van der Waals surface area (Å²) in [5.74, 6) is 0.531. The van der Waals surface area contributed by atoms with Gasteiger partial charge < -0.3 is 11.1 Å². The van der Waals surface area contributed by atoms with Crippen LogP contribution in [0.15, 0.2) is 11.2 Å². The molecule has 0 unspecified atom stereocenters. The predicted molar refractivity (Wildman–Crippen MR) is 71.0 cm³/mol. The van der Waals surface area contributed by atoms with Crippen molar-refractivity contribution in [1.82, 2.24) is 20.3 Å². The number of aliphatic imine (C=N–C) groups is 1. The van der Waals surface area contributed by atoms with Crippen LogP contribution in [-0.2, 0) is 13.6 Å². The maximum atomic E-state index is 5.91. The third kappa shape index (κ3) is 3.72. The molecule has 1 aliphatic rings. The van der Waals surface area contributed by atoms with E-state index in [-0.39, 0.29) is 0 Å². The third-order valence-corrected chi connectivity index (χ3v) is 3.43. The van der Waals surface area contributed by atoms with Crippen LogP contribution < -0.4 is 11.1 Å². The van der Waals surface area contributed by atoms with Crippen molar-refractivity contribution in [2.24, 2.45) is 17.8 Å². The molecule has 1 aromatic rings. The number of hydrogen-bond donors (Lipinski definition) is 2. The number of aromatic nitrogens is 3. The van der Waals surface area contributed by atoms with Gasteiger partial charge in [0.15, 0.2) is 5.96 Å². The minimum Gasteiger partial charge on any atom is -0.370 e. The standard InChI is InChI=1S/C12H22N6/c1-18-11(9-15-17-18)8-14-12(13)16-10-6-4-2-3-5-7-10/h9-10H,2-8H2,1H3,(H3,13,14,16). The average molecular weight is 250 g/mol. The van der Waals surface area contributed by atoms with Gasteiger partial charge in [0.25, 0.3) is 0 Å². The quantitative estimate of drug-likeness (QED) is 0.475. The van der Waals surface area contributed by atoms with Gasteiger partial charge in [-0.2, -0.15) is 0 Å². The Morgan fingerprint density at radius 3 is 2.78 bits per heavy atom. The Hall–Kier alpha value is -1.59. The van der Waals surface area contributed by atoms with Crippen LogP contribution in [-0.4, -0.2) is 27.0 Å². The van der Waals surface area contributed by atoms with Crippen LogP contribution in [0.5, 0.6) is 0 Å². The van der Waals surface area contributed by atoms with Crippen LogP contribution in [0.2, 0.25) is 0 Å². The fourth-order valence-electron chi connectivity index (χ4n) is 2.30. The van der Waals surface area contributed by atoms with Gasteiger partial charge in [-0.3, -0.25) is 4.68 Å². The molecule has 1 aromatic heterocycles. The Labute approximate surface area is 108 Å². The summed E-state index contributed by atoms with van der Waals surface area (Å²) in [5.41, 5.74) is 6.87.